The monoisotopic (exact) mass is 503 g/mol. The van der Waals surface area contributed by atoms with Crippen LogP contribution in [0.25, 0.3) is 16.9 Å². The lowest BCUT2D eigenvalue weighted by atomic mass is 10.2. The third kappa shape index (κ3) is 4.66. The number of ether oxygens (including phenoxy) is 1. The van der Waals surface area contributed by atoms with Crippen LogP contribution in [0.15, 0.2) is 40.3 Å². The van der Waals surface area contributed by atoms with Gasteiger partial charge in [-0.25, -0.2) is 24.3 Å². The van der Waals surface area contributed by atoms with Gasteiger partial charge in [-0.2, -0.15) is 17.5 Å². The van der Waals surface area contributed by atoms with Crippen molar-refractivity contribution in [1.29, 1.82) is 0 Å². The number of nitrogens with zero attached hydrogens (tertiary/aromatic N) is 7. The Morgan fingerprint density at radius 2 is 1.80 bits per heavy atom. The van der Waals surface area contributed by atoms with E-state index in [0.717, 1.165) is 35.6 Å². The fourth-order valence-corrected chi connectivity index (χ4v) is 4.56. The number of aryl methyl sites for hydroxylation is 1. The SMILES string of the molecule is Cn1c(=O)n(-c2ccc(N[C@H]3CC[C@H](Nc4ncc(OC(F)F)cn4)C3)nc2)c(=O)c2nsnc21. The van der Waals surface area contributed by atoms with E-state index < -0.39 is 17.9 Å². The van der Waals surface area contributed by atoms with Crippen molar-refractivity contribution in [2.75, 3.05) is 10.6 Å². The minimum absolute atomic E-state index is 0.0914. The van der Waals surface area contributed by atoms with Gasteiger partial charge >= 0.3 is 12.3 Å². The Morgan fingerprint density at radius 3 is 2.49 bits per heavy atom. The minimum Gasteiger partial charge on any atom is -0.432 e. The number of aromatic nitrogens is 7. The average Bonchev–Trinajstić information content (AvgIpc) is 3.50. The zero-order valence-corrected chi connectivity index (χ0v) is 19.1. The maximum Gasteiger partial charge on any atom is 0.387 e. The fourth-order valence-electron chi connectivity index (χ4n) is 3.99. The largest absolute Gasteiger partial charge is 0.432 e. The van der Waals surface area contributed by atoms with Crippen LogP contribution in [-0.4, -0.2) is 51.5 Å². The van der Waals surface area contributed by atoms with Gasteiger partial charge in [0.15, 0.2) is 16.9 Å². The molecule has 0 bridgehead atoms. The van der Waals surface area contributed by atoms with Gasteiger partial charge in [-0.3, -0.25) is 9.36 Å². The Morgan fingerprint density at radius 1 is 1.06 bits per heavy atom. The summed E-state index contributed by atoms with van der Waals surface area (Å²) in [5, 5.41) is 6.53. The van der Waals surface area contributed by atoms with Gasteiger partial charge in [0.2, 0.25) is 5.95 Å². The highest BCUT2D eigenvalue weighted by Crippen LogP contribution is 2.25. The summed E-state index contributed by atoms with van der Waals surface area (Å²) in [6, 6.07) is 3.57. The molecule has 35 heavy (non-hydrogen) atoms. The lowest BCUT2D eigenvalue weighted by molar-refractivity contribution is -0.0503. The van der Waals surface area contributed by atoms with E-state index in [1.165, 1.54) is 30.2 Å². The minimum atomic E-state index is -2.92. The molecule has 1 aliphatic carbocycles. The number of nitrogens with one attached hydrogen (secondary N) is 2. The lowest BCUT2D eigenvalue weighted by Crippen LogP contribution is -2.38. The van der Waals surface area contributed by atoms with E-state index in [1.807, 2.05) is 0 Å². The molecule has 12 nitrogen and oxygen atoms in total. The normalized spacial score (nSPS) is 17.7. The average molecular weight is 503 g/mol. The van der Waals surface area contributed by atoms with Crippen LogP contribution in [0.1, 0.15) is 19.3 Å². The van der Waals surface area contributed by atoms with E-state index in [2.05, 4.69) is 39.1 Å². The van der Waals surface area contributed by atoms with Crippen molar-refractivity contribution in [1.82, 2.24) is 32.8 Å². The molecular weight excluding hydrogens is 484 g/mol. The second kappa shape index (κ2) is 9.32. The predicted octanol–water partition coefficient (Wildman–Crippen LogP) is 1.77. The van der Waals surface area contributed by atoms with Crippen LogP contribution in [-0.2, 0) is 7.05 Å². The van der Waals surface area contributed by atoms with Crippen molar-refractivity contribution >= 4 is 34.7 Å². The molecule has 0 unspecified atom stereocenters. The Kier molecular flexibility index (Phi) is 6.07. The fraction of sp³-hybridized carbons (Fsp3) is 0.350. The third-order valence-electron chi connectivity index (χ3n) is 5.65. The van der Waals surface area contributed by atoms with Gasteiger partial charge in [0, 0.05) is 19.1 Å². The summed E-state index contributed by atoms with van der Waals surface area (Å²) in [6.45, 7) is -2.92. The molecule has 0 aliphatic heterocycles. The topological polar surface area (TPSA) is 142 Å². The second-order valence-corrected chi connectivity index (χ2v) is 8.47. The molecule has 0 saturated heterocycles. The zero-order valence-electron chi connectivity index (χ0n) is 18.3. The molecule has 0 radical (unpaired) electrons. The first-order valence-corrected chi connectivity index (χ1v) is 11.3. The van der Waals surface area contributed by atoms with Gasteiger partial charge in [0.1, 0.15) is 5.82 Å². The third-order valence-corrected chi connectivity index (χ3v) is 6.17. The molecular formula is C20H19F2N9O3S. The van der Waals surface area contributed by atoms with Crippen molar-refractivity contribution in [3.63, 3.8) is 0 Å². The maximum atomic E-state index is 12.7. The molecule has 0 spiro atoms. The molecule has 1 saturated carbocycles. The molecule has 5 rings (SSSR count). The second-order valence-electron chi connectivity index (χ2n) is 7.94. The molecule has 0 amide bonds. The van der Waals surface area contributed by atoms with Crippen molar-refractivity contribution in [3.8, 4) is 11.4 Å². The first-order valence-electron chi connectivity index (χ1n) is 10.6. The number of alkyl halides is 2. The first kappa shape index (κ1) is 22.8. The van der Waals surface area contributed by atoms with Crippen LogP contribution in [0.2, 0.25) is 0 Å². The summed E-state index contributed by atoms with van der Waals surface area (Å²) >= 11 is 0.873. The van der Waals surface area contributed by atoms with E-state index in [1.54, 1.807) is 12.1 Å². The van der Waals surface area contributed by atoms with E-state index in [9.17, 15) is 18.4 Å². The summed E-state index contributed by atoms with van der Waals surface area (Å²) in [5.41, 5.74) is -0.361. The van der Waals surface area contributed by atoms with Gasteiger partial charge in [-0.05, 0) is 31.4 Å². The molecule has 1 fully saturated rings. The van der Waals surface area contributed by atoms with Crippen LogP contribution >= 0.6 is 11.7 Å². The molecule has 2 N–H and O–H groups in total. The molecule has 0 aromatic carbocycles. The van der Waals surface area contributed by atoms with Crippen molar-refractivity contribution in [2.24, 2.45) is 7.05 Å². The zero-order chi connectivity index (χ0) is 24.5. The smallest absolute Gasteiger partial charge is 0.387 e. The molecule has 15 heteroatoms. The Bertz CT molecular complexity index is 1450. The Labute approximate surface area is 200 Å². The summed E-state index contributed by atoms with van der Waals surface area (Å²) in [6.07, 6.45) is 6.31. The van der Waals surface area contributed by atoms with Crippen molar-refractivity contribution in [3.05, 3.63) is 51.6 Å². The number of anilines is 2. The number of fused-ring (bicyclic) bond motifs is 1. The Hall–Kier alpha value is -4.01. The highest BCUT2D eigenvalue weighted by Gasteiger charge is 2.25. The summed E-state index contributed by atoms with van der Waals surface area (Å²) in [7, 11) is 1.53. The molecule has 1 aliphatic rings. The van der Waals surface area contributed by atoms with Crippen LogP contribution in [0.3, 0.4) is 0 Å². The van der Waals surface area contributed by atoms with Gasteiger partial charge in [-0.1, -0.05) is 0 Å². The number of halogens is 2. The predicted molar refractivity (Wildman–Crippen MR) is 123 cm³/mol. The van der Waals surface area contributed by atoms with E-state index >= 15 is 0 Å². The van der Waals surface area contributed by atoms with Gasteiger partial charge in [-0.15, -0.1) is 0 Å². The van der Waals surface area contributed by atoms with E-state index in [4.69, 9.17) is 0 Å². The highest BCUT2D eigenvalue weighted by molar-refractivity contribution is 7.00. The Balaban J connectivity index is 1.23. The molecule has 182 valence electrons. The van der Waals surface area contributed by atoms with Crippen molar-refractivity contribution < 1.29 is 13.5 Å². The van der Waals surface area contributed by atoms with Crippen LogP contribution in [0.4, 0.5) is 20.5 Å². The quantitative estimate of drug-likeness (QED) is 0.383. The number of rotatable bonds is 7. The van der Waals surface area contributed by atoms with Crippen LogP contribution < -0.4 is 26.6 Å². The molecule has 4 aromatic heterocycles. The van der Waals surface area contributed by atoms with Crippen molar-refractivity contribution in [2.45, 2.75) is 38.0 Å². The lowest BCUT2D eigenvalue weighted by Gasteiger charge is -2.15. The van der Waals surface area contributed by atoms with E-state index in [0.29, 0.717) is 17.5 Å². The maximum absolute atomic E-state index is 12.7. The molecule has 2 atom stereocenters. The standard InChI is InChI=1S/C20H19F2N9O3S/c1-30-16-15(28-35-29-16)17(32)31(20(30)33)12-4-5-14(23-7-12)26-10-2-3-11(6-10)27-19-24-8-13(9-25-19)34-18(21)22/h4-5,7-11,18H,2-3,6H2,1H3,(H,23,26)(H,24,25,27)/t10-,11-/m0/s1. The van der Waals surface area contributed by atoms with E-state index in [-0.39, 0.29) is 29.0 Å². The summed E-state index contributed by atoms with van der Waals surface area (Å²) in [4.78, 5) is 37.8. The number of hydrogen-bond donors (Lipinski definition) is 2. The number of pyridine rings is 1. The summed E-state index contributed by atoms with van der Waals surface area (Å²) < 4.78 is 39.0. The van der Waals surface area contributed by atoms with Crippen LogP contribution in [0, 0.1) is 0 Å². The van der Waals surface area contributed by atoms with Crippen LogP contribution in [0.5, 0.6) is 5.75 Å². The first-order chi connectivity index (χ1) is 16.9. The summed E-state index contributed by atoms with van der Waals surface area (Å²) in [5.74, 6) is 0.832. The van der Waals surface area contributed by atoms with Gasteiger partial charge in [0.25, 0.3) is 5.56 Å². The highest BCUT2D eigenvalue weighted by atomic mass is 32.1. The van der Waals surface area contributed by atoms with Gasteiger partial charge < -0.3 is 15.4 Å². The molecule has 4 aromatic rings. The number of hydrogen-bond acceptors (Lipinski definition) is 11. The molecule has 4 heterocycles. The van der Waals surface area contributed by atoms with Gasteiger partial charge in [0.05, 0.1) is 36.0 Å².